The van der Waals surface area contributed by atoms with Gasteiger partial charge >= 0.3 is 5.97 Å². The van der Waals surface area contributed by atoms with Crippen molar-refractivity contribution in [3.05, 3.63) is 46.7 Å². The van der Waals surface area contributed by atoms with Crippen molar-refractivity contribution in [3.8, 4) is 11.5 Å². The summed E-state index contributed by atoms with van der Waals surface area (Å²) in [6.45, 7) is 0. The number of carboxylic acids is 1. The standard InChI is InChI=1S/C12H7BrN4O2/c13-8-2-3-9(14-5-8)11-16-15-10-4-1-7(12(18)19)6-17(10)11/h1-6H,(H,18,19). The van der Waals surface area contributed by atoms with E-state index in [1.54, 1.807) is 22.7 Å². The van der Waals surface area contributed by atoms with Crippen LogP contribution in [0, 0.1) is 0 Å². The summed E-state index contributed by atoms with van der Waals surface area (Å²) in [7, 11) is 0. The van der Waals surface area contributed by atoms with Crippen molar-refractivity contribution < 1.29 is 9.90 Å². The van der Waals surface area contributed by atoms with Crippen LogP contribution in [-0.2, 0) is 0 Å². The van der Waals surface area contributed by atoms with E-state index in [2.05, 4.69) is 31.1 Å². The third-order valence-electron chi connectivity index (χ3n) is 2.61. The molecule has 94 valence electrons. The number of halogens is 1. The molecule has 0 atom stereocenters. The minimum atomic E-state index is -0.995. The zero-order valence-electron chi connectivity index (χ0n) is 9.49. The normalized spacial score (nSPS) is 10.8. The molecule has 0 aliphatic rings. The van der Waals surface area contributed by atoms with Crippen LogP contribution in [0.2, 0.25) is 0 Å². The molecule has 3 rings (SSSR count). The first kappa shape index (κ1) is 11.8. The molecule has 0 fully saturated rings. The molecule has 0 saturated heterocycles. The third kappa shape index (κ3) is 2.08. The Kier molecular flexibility index (Phi) is 2.75. The Labute approximate surface area is 115 Å². The first-order valence-corrected chi connectivity index (χ1v) is 6.14. The van der Waals surface area contributed by atoms with Gasteiger partial charge in [-0.05, 0) is 40.2 Å². The average Bonchev–Trinajstić information content (AvgIpc) is 2.82. The van der Waals surface area contributed by atoms with E-state index in [0.29, 0.717) is 17.2 Å². The summed E-state index contributed by atoms with van der Waals surface area (Å²) in [5.41, 5.74) is 1.37. The van der Waals surface area contributed by atoms with Gasteiger partial charge in [0.1, 0.15) is 5.69 Å². The number of fused-ring (bicyclic) bond motifs is 1. The van der Waals surface area contributed by atoms with Crippen LogP contribution in [-0.4, -0.2) is 30.7 Å². The van der Waals surface area contributed by atoms with E-state index in [0.717, 1.165) is 4.47 Å². The molecule has 0 radical (unpaired) electrons. The number of hydrogen-bond acceptors (Lipinski definition) is 4. The number of carbonyl (C=O) groups is 1. The fraction of sp³-hybridized carbons (Fsp3) is 0. The molecular formula is C12H7BrN4O2. The molecule has 0 bridgehead atoms. The van der Waals surface area contributed by atoms with Crippen molar-refractivity contribution in [3.63, 3.8) is 0 Å². The SMILES string of the molecule is O=C(O)c1ccc2nnc(-c3ccc(Br)cn3)n2c1. The first-order chi connectivity index (χ1) is 9.15. The molecule has 6 nitrogen and oxygen atoms in total. The molecule has 0 saturated carbocycles. The Bertz CT molecular complexity index is 767. The summed E-state index contributed by atoms with van der Waals surface area (Å²) in [6.07, 6.45) is 3.13. The van der Waals surface area contributed by atoms with Crippen molar-refractivity contribution in [2.45, 2.75) is 0 Å². The molecule has 0 aromatic carbocycles. The maximum absolute atomic E-state index is 11.0. The van der Waals surface area contributed by atoms with Crippen LogP contribution in [0.25, 0.3) is 17.2 Å². The topological polar surface area (TPSA) is 80.4 Å². The van der Waals surface area contributed by atoms with Gasteiger partial charge in [-0.15, -0.1) is 10.2 Å². The van der Waals surface area contributed by atoms with Crippen LogP contribution in [0.3, 0.4) is 0 Å². The molecule has 3 aromatic heterocycles. The molecule has 0 unspecified atom stereocenters. The Hall–Kier alpha value is -2.28. The number of pyridine rings is 2. The van der Waals surface area contributed by atoms with E-state index in [9.17, 15) is 4.79 Å². The van der Waals surface area contributed by atoms with Crippen LogP contribution in [0.4, 0.5) is 0 Å². The lowest BCUT2D eigenvalue weighted by molar-refractivity contribution is 0.0696. The van der Waals surface area contributed by atoms with Gasteiger partial charge in [0, 0.05) is 16.9 Å². The van der Waals surface area contributed by atoms with Crippen molar-refractivity contribution in [2.24, 2.45) is 0 Å². The molecule has 1 N–H and O–H groups in total. The van der Waals surface area contributed by atoms with Gasteiger partial charge in [-0.1, -0.05) is 0 Å². The number of rotatable bonds is 2. The maximum Gasteiger partial charge on any atom is 0.337 e. The fourth-order valence-corrected chi connectivity index (χ4v) is 1.93. The van der Waals surface area contributed by atoms with Gasteiger partial charge in [0.15, 0.2) is 11.5 Å². The summed E-state index contributed by atoms with van der Waals surface area (Å²) in [5.74, 6) is -0.490. The highest BCUT2D eigenvalue weighted by Crippen LogP contribution is 2.18. The predicted octanol–water partition coefficient (Wildman–Crippen LogP) is 2.25. The van der Waals surface area contributed by atoms with Gasteiger partial charge in [0.2, 0.25) is 0 Å². The highest BCUT2D eigenvalue weighted by atomic mass is 79.9. The quantitative estimate of drug-likeness (QED) is 0.783. The summed E-state index contributed by atoms with van der Waals surface area (Å²) in [4.78, 5) is 15.2. The maximum atomic E-state index is 11.0. The number of nitrogens with zero attached hydrogens (tertiary/aromatic N) is 4. The summed E-state index contributed by atoms with van der Waals surface area (Å²) < 4.78 is 2.47. The van der Waals surface area contributed by atoms with E-state index >= 15 is 0 Å². The number of aromatic nitrogens is 4. The van der Waals surface area contributed by atoms with Gasteiger partial charge in [-0.3, -0.25) is 9.38 Å². The molecule has 0 aliphatic carbocycles. The Morgan fingerprint density at radius 3 is 2.74 bits per heavy atom. The van der Waals surface area contributed by atoms with Gasteiger partial charge in [-0.25, -0.2) is 4.79 Å². The van der Waals surface area contributed by atoms with Crippen molar-refractivity contribution in [2.75, 3.05) is 0 Å². The lowest BCUT2D eigenvalue weighted by atomic mass is 10.3. The van der Waals surface area contributed by atoms with Gasteiger partial charge in [-0.2, -0.15) is 0 Å². The minimum absolute atomic E-state index is 0.172. The van der Waals surface area contributed by atoms with Crippen molar-refractivity contribution in [1.29, 1.82) is 0 Å². The molecular weight excluding hydrogens is 312 g/mol. The largest absolute Gasteiger partial charge is 0.478 e. The summed E-state index contributed by atoms with van der Waals surface area (Å²) >= 11 is 3.31. The van der Waals surface area contributed by atoms with E-state index < -0.39 is 5.97 Å². The molecule has 3 aromatic rings. The Morgan fingerprint density at radius 1 is 1.21 bits per heavy atom. The summed E-state index contributed by atoms with van der Waals surface area (Å²) in [5, 5.41) is 17.0. The highest BCUT2D eigenvalue weighted by Gasteiger charge is 2.11. The fourth-order valence-electron chi connectivity index (χ4n) is 1.70. The zero-order valence-corrected chi connectivity index (χ0v) is 11.1. The van der Waals surface area contributed by atoms with Gasteiger partial charge in [0.25, 0.3) is 0 Å². The summed E-state index contributed by atoms with van der Waals surface area (Å²) in [6, 6.07) is 6.72. The number of carboxylic acid groups (broad SMARTS) is 1. The molecule has 0 spiro atoms. The minimum Gasteiger partial charge on any atom is -0.478 e. The lowest BCUT2D eigenvalue weighted by Crippen LogP contribution is -2.00. The van der Waals surface area contributed by atoms with Crippen LogP contribution >= 0.6 is 15.9 Å². The molecule has 0 aliphatic heterocycles. The average molecular weight is 319 g/mol. The second kappa shape index (κ2) is 4.43. The van der Waals surface area contributed by atoms with Crippen LogP contribution in [0.1, 0.15) is 10.4 Å². The number of hydrogen-bond donors (Lipinski definition) is 1. The zero-order chi connectivity index (χ0) is 13.4. The van der Waals surface area contributed by atoms with Crippen LogP contribution in [0.15, 0.2) is 41.1 Å². The van der Waals surface area contributed by atoms with Crippen molar-refractivity contribution >= 4 is 27.5 Å². The molecule has 3 heterocycles. The Morgan fingerprint density at radius 2 is 2.05 bits per heavy atom. The van der Waals surface area contributed by atoms with E-state index in [-0.39, 0.29) is 5.56 Å². The van der Waals surface area contributed by atoms with Crippen molar-refractivity contribution in [1.82, 2.24) is 19.6 Å². The van der Waals surface area contributed by atoms with Crippen LogP contribution < -0.4 is 0 Å². The molecule has 7 heteroatoms. The Balaban J connectivity index is 2.21. The third-order valence-corrected chi connectivity index (χ3v) is 3.07. The van der Waals surface area contributed by atoms with Gasteiger partial charge in [0.05, 0.1) is 5.56 Å². The second-order valence-corrected chi connectivity index (χ2v) is 4.75. The van der Waals surface area contributed by atoms with E-state index in [1.807, 2.05) is 6.07 Å². The highest BCUT2D eigenvalue weighted by molar-refractivity contribution is 9.10. The van der Waals surface area contributed by atoms with Crippen LogP contribution in [0.5, 0.6) is 0 Å². The monoisotopic (exact) mass is 318 g/mol. The predicted molar refractivity (Wildman–Crippen MR) is 70.9 cm³/mol. The molecule has 19 heavy (non-hydrogen) atoms. The molecule has 0 amide bonds. The van der Waals surface area contributed by atoms with E-state index in [1.165, 1.54) is 12.3 Å². The lowest BCUT2D eigenvalue weighted by Gasteiger charge is -2.00. The van der Waals surface area contributed by atoms with E-state index in [4.69, 9.17) is 5.11 Å². The number of aromatic carboxylic acids is 1. The second-order valence-electron chi connectivity index (χ2n) is 3.84. The van der Waals surface area contributed by atoms with Gasteiger partial charge < -0.3 is 5.11 Å². The smallest absolute Gasteiger partial charge is 0.337 e. The first-order valence-electron chi connectivity index (χ1n) is 5.35.